The number of hydrogen-bond acceptors (Lipinski definition) is 5. The second-order valence-electron chi connectivity index (χ2n) is 7.63. The second kappa shape index (κ2) is 10.2. The number of carbonyl (C=O) groups excluding carboxylic acids is 2. The van der Waals surface area contributed by atoms with Gasteiger partial charge in [-0.25, -0.2) is 12.8 Å². The Morgan fingerprint density at radius 2 is 1.81 bits per heavy atom. The summed E-state index contributed by atoms with van der Waals surface area (Å²) in [4.78, 5) is 24.7. The molecule has 1 fully saturated rings. The molecular formula is C22H26FN3O5S. The van der Waals surface area contributed by atoms with Gasteiger partial charge in [-0.1, -0.05) is 18.2 Å². The van der Waals surface area contributed by atoms with Crippen molar-refractivity contribution in [3.8, 4) is 0 Å². The average molecular weight is 464 g/mol. The number of ether oxygens (including phenoxy) is 1. The van der Waals surface area contributed by atoms with E-state index in [2.05, 4.69) is 5.32 Å². The van der Waals surface area contributed by atoms with Crippen LogP contribution >= 0.6 is 0 Å². The molecule has 1 aliphatic heterocycles. The highest BCUT2D eigenvalue weighted by molar-refractivity contribution is 7.89. The van der Waals surface area contributed by atoms with E-state index in [-0.39, 0.29) is 42.3 Å². The zero-order chi connectivity index (χ0) is 23.3. The van der Waals surface area contributed by atoms with Gasteiger partial charge in [-0.3, -0.25) is 9.59 Å². The number of sulfonamides is 1. The van der Waals surface area contributed by atoms with Crippen LogP contribution in [-0.2, 0) is 26.0 Å². The van der Waals surface area contributed by atoms with Crippen LogP contribution in [0, 0.1) is 18.7 Å². The van der Waals surface area contributed by atoms with E-state index in [1.54, 1.807) is 25.1 Å². The number of nitrogens with one attached hydrogen (secondary N) is 1. The lowest BCUT2D eigenvalue weighted by Gasteiger charge is -2.26. The van der Waals surface area contributed by atoms with Crippen LogP contribution in [0.5, 0.6) is 0 Å². The molecule has 0 aliphatic carbocycles. The van der Waals surface area contributed by atoms with Crippen molar-refractivity contribution in [2.24, 2.45) is 11.7 Å². The Bertz CT molecular complexity index is 1080. The van der Waals surface area contributed by atoms with Gasteiger partial charge in [0.1, 0.15) is 5.82 Å². The second-order valence-corrected chi connectivity index (χ2v) is 9.57. The summed E-state index contributed by atoms with van der Waals surface area (Å²) in [6.45, 7) is 2.81. The van der Waals surface area contributed by atoms with Gasteiger partial charge >= 0.3 is 0 Å². The van der Waals surface area contributed by atoms with Gasteiger partial charge in [0, 0.05) is 25.2 Å². The molecule has 1 unspecified atom stereocenters. The summed E-state index contributed by atoms with van der Waals surface area (Å²) in [5.74, 6) is -2.20. The summed E-state index contributed by atoms with van der Waals surface area (Å²) in [7, 11) is -3.76. The van der Waals surface area contributed by atoms with Crippen molar-refractivity contribution in [2.45, 2.75) is 18.2 Å². The van der Waals surface area contributed by atoms with E-state index in [0.717, 1.165) is 0 Å². The first-order valence-corrected chi connectivity index (χ1v) is 11.6. The molecule has 2 aromatic rings. The third-order valence-corrected chi connectivity index (χ3v) is 7.26. The zero-order valence-electron chi connectivity index (χ0n) is 17.7. The van der Waals surface area contributed by atoms with E-state index in [1.165, 1.54) is 28.6 Å². The minimum absolute atomic E-state index is 0.0212. The summed E-state index contributed by atoms with van der Waals surface area (Å²) in [6.07, 6.45) is 0.236. The SMILES string of the molecule is Cc1ccc(S(=O)(=O)N2CCOCC2)cc1C(=O)NCC(Cc1ccc(F)cc1)C(N)=O. The molecule has 32 heavy (non-hydrogen) atoms. The number of aryl methyl sites for hydroxylation is 1. The monoisotopic (exact) mass is 463 g/mol. The maximum Gasteiger partial charge on any atom is 0.251 e. The van der Waals surface area contributed by atoms with Gasteiger partial charge in [-0.15, -0.1) is 0 Å². The molecule has 1 saturated heterocycles. The highest BCUT2D eigenvalue weighted by Crippen LogP contribution is 2.21. The first-order valence-electron chi connectivity index (χ1n) is 10.2. The summed E-state index contributed by atoms with van der Waals surface area (Å²) in [5, 5.41) is 2.67. The molecule has 3 rings (SSSR count). The molecule has 0 aromatic heterocycles. The lowest BCUT2D eigenvalue weighted by molar-refractivity contribution is -0.121. The molecule has 2 amide bonds. The standard InChI is InChI=1S/C22H26FN3O5S/c1-15-2-7-19(32(29,30)26-8-10-31-11-9-26)13-20(15)22(28)25-14-17(21(24)27)12-16-3-5-18(23)6-4-16/h2-7,13,17H,8-12,14H2,1H3,(H2,24,27)(H,25,28). The number of nitrogens with two attached hydrogens (primary N) is 1. The number of halogens is 1. The lowest BCUT2D eigenvalue weighted by atomic mass is 9.98. The van der Waals surface area contributed by atoms with Crippen LogP contribution in [0.3, 0.4) is 0 Å². The molecule has 0 bridgehead atoms. The van der Waals surface area contributed by atoms with Gasteiger partial charge in [0.25, 0.3) is 5.91 Å². The van der Waals surface area contributed by atoms with Crippen LogP contribution in [0.25, 0.3) is 0 Å². The van der Waals surface area contributed by atoms with Crippen molar-refractivity contribution in [3.63, 3.8) is 0 Å². The third kappa shape index (κ3) is 5.70. The van der Waals surface area contributed by atoms with Crippen LogP contribution in [-0.4, -0.2) is 57.4 Å². The van der Waals surface area contributed by atoms with Gasteiger partial charge in [0.15, 0.2) is 0 Å². The van der Waals surface area contributed by atoms with Gasteiger partial charge in [-0.05, 0) is 48.7 Å². The van der Waals surface area contributed by atoms with Crippen LogP contribution in [0.15, 0.2) is 47.4 Å². The number of carbonyl (C=O) groups is 2. The number of rotatable bonds is 8. The summed E-state index contributed by atoms with van der Waals surface area (Å²) < 4.78 is 45.4. The lowest BCUT2D eigenvalue weighted by Crippen LogP contribution is -2.40. The predicted octanol–water partition coefficient (Wildman–Crippen LogP) is 1.23. The van der Waals surface area contributed by atoms with Crippen molar-refractivity contribution in [1.29, 1.82) is 0 Å². The van der Waals surface area contributed by atoms with E-state index in [1.807, 2.05) is 0 Å². The highest BCUT2D eigenvalue weighted by atomic mass is 32.2. The van der Waals surface area contributed by atoms with E-state index < -0.39 is 27.8 Å². The third-order valence-electron chi connectivity index (χ3n) is 5.37. The molecule has 0 saturated carbocycles. The van der Waals surface area contributed by atoms with Crippen molar-refractivity contribution < 1.29 is 27.1 Å². The number of nitrogens with zero attached hydrogens (tertiary/aromatic N) is 1. The summed E-state index contributed by atoms with van der Waals surface area (Å²) in [6, 6.07) is 10.1. The molecule has 2 aromatic carbocycles. The van der Waals surface area contributed by atoms with Crippen molar-refractivity contribution in [1.82, 2.24) is 9.62 Å². The van der Waals surface area contributed by atoms with E-state index in [0.29, 0.717) is 24.3 Å². The van der Waals surface area contributed by atoms with E-state index in [4.69, 9.17) is 10.5 Å². The first kappa shape index (κ1) is 23.8. The Balaban J connectivity index is 1.73. The minimum atomic E-state index is -3.76. The molecule has 172 valence electrons. The van der Waals surface area contributed by atoms with Gasteiger partial charge in [0.2, 0.25) is 15.9 Å². The Morgan fingerprint density at radius 3 is 2.44 bits per heavy atom. The smallest absolute Gasteiger partial charge is 0.251 e. The van der Waals surface area contributed by atoms with Gasteiger partial charge < -0.3 is 15.8 Å². The molecule has 10 heteroatoms. The van der Waals surface area contributed by atoms with Crippen LogP contribution in [0.2, 0.25) is 0 Å². The van der Waals surface area contributed by atoms with Crippen molar-refractivity contribution in [3.05, 3.63) is 65.0 Å². The summed E-state index contributed by atoms with van der Waals surface area (Å²) in [5.41, 5.74) is 6.97. The predicted molar refractivity (Wildman–Crippen MR) is 116 cm³/mol. The largest absolute Gasteiger partial charge is 0.379 e. The van der Waals surface area contributed by atoms with Crippen LogP contribution in [0.1, 0.15) is 21.5 Å². The number of morpholine rings is 1. The number of benzene rings is 2. The van der Waals surface area contributed by atoms with E-state index in [9.17, 15) is 22.4 Å². The molecular weight excluding hydrogens is 437 g/mol. The molecule has 8 nitrogen and oxygen atoms in total. The highest BCUT2D eigenvalue weighted by Gasteiger charge is 2.27. The Hall–Kier alpha value is -2.82. The maximum absolute atomic E-state index is 13.1. The normalized spacial score (nSPS) is 15.8. The van der Waals surface area contributed by atoms with Crippen molar-refractivity contribution in [2.75, 3.05) is 32.8 Å². The average Bonchev–Trinajstić information content (AvgIpc) is 2.78. The fraction of sp³-hybridized carbons (Fsp3) is 0.364. The molecule has 3 N–H and O–H groups in total. The topological polar surface area (TPSA) is 119 Å². The van der Waals surface area contributed by atoms with Crippen LogP contribution in [0.4, 0.5) is 4.39 Å². The van der Waals surface area contributed by atoms with E-state index >= 15 is 0 Å². The minimum Gasteiger partial charge on any atom is -0.379 e. The first-order chi connectivity index (χ1) is 15.2. The Morgan fingerprint density at radius 1 is 1.16 bits per heavy atom. The molecule has 1 aliphatic rings. The number of primary amides is 1. The zero-order valence-corrected chi connectivity index (χ0v) is 18.5. The number of hydrogen-bond donors (Lipinski definition) is 2. The quantitative estimate of drug-likeness (QED) is 0.610. The molecule has 1 atom stereocenters. The molecule has 0 radical (unpaired) electrons. The number of amides is 2. The van der Waals surface area contributed by atoms with Crippen LogP contribution < -0.4 is 11.1 Å². The molecule has 1 heterocycles. The molecule has 0 spiro atoms. The maximum atomic E-state index is 13.1. The van der Waals surface area contributed by atoms with Gasteiger partial charge in [0.05, 0.1) is 24.0 Å². The van der Waals surface area contributed by atoms with Crippen molar-refractivity contribution >= 4 is 21.8 Å². The van der Waals surface area contributed by atoms with Gasteiger partial charge in [-0.2, -0.15) is 4.31 Å². The summed E-state index contributed by atoms with van der Waals surface area (Å²) >= 11 is 0. The Labute approximate surface area is 186 Å². The Kier molecular flexibility index (Phi) is 7.60. The fourth-order valence-corrected chi connectivity index (χ4v) is 4.87. The fourth-order valence-electron chi connectivity index (χ4n) is 3.43.